The van der Waals surface area contributed by atoms with E-state index in [1.54, 1.807) is 0 Å². The molecular weight excluding hydrogens is 441 g/mol. The van der Waals surface area contributed by atoms with Gasteiger partial charge in [0, 0.05) is 5.56 Å². The van der Waals surface area contributed by atoms with Gasteiger partial charge in [-0.3, -0.25) is 0 Å². The summed E-state index contributed by atoms with van der Waals surface area (Å²) in [4.78, 5) is 0. The molecule has 9 heteroatoms. The summed E-state index contributed by atoms with van der Waals surface area (Å²) in [7, 11) is 0. The molecule has 3 rings (SSSR count). The molecule has 0 heterocycles. The molecule has 0 spiro atoms. The molecule has 0 N–H and O–H groups in total. The van der Waals surface area contributed by atoms with Crippen LogP contribution >= 0.6 is 0 Å². The maximum atomic E-state index is 14.5. The van der Waals surface area contributed by atoms with E-state index in [4.69, 9.17) is 4.74 Å². The van der Waals surface area contributed by atoms with Crippen molar-refractivity contribution in [3.8, 4) is 22.6 Å². The van der Waals surface area contributed by atoms with E-state index < -0.39 is 35.4 Å². The fraction of sp³-hybridized carbons (Fsp3) is 0.217. The maximum Gasteiger partial charge on any atom is 0.573 e. The minimum Gasteiger partial charge on any atom is -0.486 e. The Kier molecular flexibility index (Phi) is 6.96. The van der Waals surface area contributed by atoms with Gasteiger partial charge in [0.15, 0.2) is 23.1 Å². The highest BCUT2D eigenvalue weighted by atomic mass is 19.4. The molecule has 3 aromatic rings. The summed E-state index contributed by atoms with van der Waals surface area (Å²) in [5.74, 6) is -5.61. The van der Waals surface area contributed by atoms with Crippen LogP contribution in [0.1, 0.15) is 24.5 Å². The molecule has 3 aromatic carbocycles. The van der Waals surface area contributed by atoms with Crippen molar-refractivity contribution in [1.82, 2.24) is 0 Å². The fourth-order valence-electron chi connectivity index (χ4n) is 3.07. The zero-order valence-corrected chi connectivity index (χ0v) is 16.7. The van der Waals surface area contributed by atoms with Crippen molar-refractivity contribution >= 4 is 0 Å². The molecule has 0 aliphatic heterocycles. The van der Waals surface area contributed by atoms with Gasteiger partial charge in [0.1, 0.15) is 12.4 Å². The van der Waals surface area contributed by atoms with Crippen LogP contribution in [0.25, 0.3) is 11.1 Å². The number of ether oxygens (including phenoxy) is 2. The zero-order chi connectivity index (χ0) is 23.5. The molecule has 0 unspecified atom stereocenters. The van der Waals surface area contributed by atoms with Crippen molar-refractivity contribution in [2.24, 2.45) is 0 Å². The number of halogens is 7. The Morgan fingerprint density at radius 2 is 1.50 bits per heavy atom. The lowest BCUT2D eigenvalue weighted by Gasteiger charge is -2.12. The van der Waals surface area contributed by atoms with Gasteiger partial charge in [-0.2, -0.15) is 4.39 Å². The van der Waals surface area contributed by atoms with E-state index in [1.165, 1.54) is 24.3 Å². The second-order valence-corrected chi connectivity index (χ2v) is 6.90. The summed E-state index contributed by atoms with van der Waals surface area (Å²) >= 11 is 0. The van der Waals surface area contributed by atoms with Crippen molar-refractivity contribution in [3.05, 3.63) is 82.9 Å². The maximum absolute atomic E-state index is 14.5. The van der Waals surface area contributed by atoms with Gasteiger partial charge in [0.25, 0.3) is 0 Å². The first kappa shape index (κ1) is 23.4. The van der Waals surface area contributed by atoms with Gasteiger partial charge in [-0.15, -0.1) is 13.2 Å². The molecule has 0 aliphatic carbocycles. The van der Waals surface area contributed by atoms with Crippen molar-refractivity contribution < 1.29 is 40.2 Å². The molecule has 32 heavy (non-hydrogen) atoms. The molecule has 0 fully saturated rings. The van der Waals surface area contributed by atoms with Crippen LogP contribution in [0.5, 0.6) is 11.5 Å². The molecule has 0 aromatic heterocycles. The normalized spacial score (nSPS) is 11.5. The molecule has 0 bridgehead atoms. The SMILES string of the molecule is CCCc1ccc(OCc2ccc(-c3ccc(OC(F)(F)F)c(F)c3)c(F)c2)c(F)c1F. The van der Waals surface area contributed by atoms with Crippen LogP contribution in [0.4, 0.5) is 30.7 Å². The van der Waals surface area contributed by atoms with Gasteiger partial charge < -0.3 is 9.47 Å². The first-order valence-corrected chi connectivity index (χ1v) is 9.52. The topological polar surface area (TPSA) is 18.5 Å². The number of alkyl halides is 3. The predicted octanol–water partition coefficient (Wildman–Crippen LogP) is 7.34. The second kappa shape index (κ2) is 9.50. The Labute approximate surface area is 179 Å². The zero-order valence-electron chi connectivity index (χ0n) is 16.7. The monoisotopic (exact) mass is 458 g/mol. The lowest BCUT2D eigenvalue weighted by molar-refractivity contribution is -0.275. The minimum absolute atomic E-state index is 0.0124. The van der Waals surface area contributed by atoms with Crippen molar-refractivity contribution in [1.29, 1.82) is 0 Å². The average Bonchev–Trinajstić information content (AvgIpc) is 2.72. The Balaban J connectivity index is 1.75. The molecule has 2 nitrogen and oxygen atoms in total. The van der Waals surface area contributed by atoms with Gasteiger partial charge in [-0.25, -0.2) is 13.2 Å². The van der Waals surface area contributed by atoms with Crippen molar-refractivity contribution in [2.75, 3.05) is 0 Å². The van der Waals surface area contributed by atoms with Gasteiger partial charge >= 0.3 is 6.36 Å². The van der Waals surface area contributed by atoms with E-state index in [0.29, 0.717) is 18.9 Å². The number of hydrogen-bond donors (Lipinski definition) is 0. The van der Waals surface area contributed by atoms with Gasteiger partial charge in [-0.05, 0) is 47.4 Å². The number of benzene rings is 3. The highest BCUT2D eigenvalue weighted by Crippen LogP contribution is 2.31. The molecule has 0 aliphatic rings. The first-order chi connectivity index (χ1) is 15.1. The predicted molar refractivity (Wildman–Crippen MR) is 103 cm³/mol. The summed E-state index contributed by atoms with van der Waals surface area (Å²) in [6, 6.07) is 8.98. The smallest absolute Gasteiger partial charge is 0.486 e. The Bertz CT molecular complexity index is 1110. The third-order valence-corrected chi connectivity index (χ3v) is 4.54. The number of aryl methyl sites for hydroxylation is 1. The number of rotatable bonds is 7. The van der Waals surface area contributed by atoms with Crippen LogP contribution < -0.4 is 9.47 Å². The Morgan fingerprint density at radius 1 is 0.781 bits per heavy atom. The van der Waals surface area contributed by atoms with E-state index in [2.05, 4.69) is 4.74 Å². The summed E-state index contributed by atoms with van der Waals surface area (Å²) in [6.07, 6.45) is -4.04. The first-order valence-electron chi connectivity index (χ1n) is 9.52. The summed E-state index contributed by atoms with van der Waals surface area (Å²) < 4.78 is 102. The largest absolute Gasteiger partial charge is 0.573 e. The van der Waals surface area contributed by atoms with Crippen LogP contribution in [-0.4, -0.2) is 6.36 Å². The minimum atomic E-state index is -5.06. The molecular formula is C23H17F7O2. The van der Waals surface area contributed by atoms with Crippen molar-refractivity contribution in [3.63, 3.8) is 0 Å². The average molecular weight is 458 g/mol. The molecule has 0 saturated carbocycles. The van der Waals surface area contributed by atoms with E-state index in [-0.39, 0.29) is 34.6 Å². The number of hydrogen-bond acceptors (Lipinski definition) is 2. The molecule has 0 radical (unpaired) electrons. The Hall–Kier alpha value is -3.23. The van der Waals surface area contributed by atoms with Gasteiger partial charge in [0.05, 0.1) is 0 Å². The van der Waals surface area contributed by atoms with E-state index in [9.17, 15) is 30.7 Å². The van der Waals surface area contributed by atoms with Crippen LogP contribution in [0.3, 0.4) is 0 Å². The van der Waals surface area contributed by atoms with E-state index >= 15 is 0 Å². The highest BCUT2D eigenvalue weighted by Gasteiger charge is 2.32. The van der Waals surface area contributed by atoms with E-state index in [1.807, 2.05) is 6.92 Å². The highest BCUT2D eigenvalue weighted by molar-refractivity contribution is 5.65. The third kappa shape index (κ3) is 5.52. The van der Waals surface area contributed by atoms with Crippen LogP contribution in [0.2, 0.25) is 0 Å². The van der Waals surface area contributed by atoms with Crippen LogP contribution in [0, 0.1) is 23.3 Å². The van der Waals surface area contributed by atoms with Crippen LogP contribution in [0.15, 0.2) is 48.5 Å². The molecule has 0 saturated heterocycles. The van der Waals surface area contributed by atoms with Gasteiger partial charge in [-0.1, -0.05) is 37.6 Å². The van der Waals surface area contributed by atoms with Crippen LogP contribution in [-0.2, 0) is 13.0 Å². The summed E-state index contributed by atoms with van der Waals surface area (Å²) in [5, 5.41) is 0. The summed E-state index contributed by atoms with van der Waals surface area (Å²) in [5.41, 5.74) is 0.418. The molecule has 0 amide bonds. The second-order valence-electron chi connectivity index (χ2n) is 6.90. The molecule has 170 valence electrons. The quantitative estimate of drug-likeness (QED) is 0.345. The standard InChI is InChI=1S/C23H17F7O2/c1-2-3-14-5-9-20(22(27)21(14)26)31-12-13-4-7-16(17(24)10-13)15-6-8-19(18(25)11-15)32-23(28,29)30/h4-11H,2-3,12H2,1H3. The molecule has 0 atom stereocenters. The van der Waals surface area contributed by atoms with Gasteiger partial charge in [0.2, 0.25) is 5.82 Å². The lowest BCUT2D eigenvalue weighted by atomic mass is 10.0. The fourth-order valence-corrected chi connectivity index (χ4v) is 3.07. The summed E-state index contributed by atoms with van der Waals surface area (Å²) in [6.45, 7) is 1.56. The third-order valence-electron chi connectivity index (χ3n) is 4.54. The lowest BCUT2D eigenvalue weighted by Crippen LogP contribution is -2.17. The Morgan fingerprint density at radius 3 is 2.12 bits per heavy atom. The van der Waals surface area contributed by atoms with Crippen molar-refractivity contribution in [2.45, 2.75) is 32.7 Å². The van der Waals surface area contributed by atoms with E-state index in [0.717, 1.165) is 18.2 Å².